The fourth-order valence-electron chi connectivity index (χ4n) is 2.52. The van der Waals surface area contributed by atoms with Gasteiger partial charge in [-0.15, -0.1) is 0 Å². The monoisotopic (exact) mass is 314 g/mol. The second-order valence-electron chi connectivity index (χ2n) is 6.38. The Labute approximate surface area is 137 Å². The molecule has 0 aliphatic carbocycles. The van der Waals surface area contributed by atoms with Crippen LogP contribution in [0.4, 0.5) is 0 Å². The SMILES string of the molecule is CCCCCCCCCCCC(O)CCC(=O)OCCCC. The first-order chi connectivity index (χ1) is 10.7. The molecule has 0 amide bonds. The van der Waals surface area contributed by atoms with E-state index in [1.165, 1.54) is 51.4 Å². The molecule has 0 radical (unpaired) electrons. The van der Waals surface area contributed by atoms with Crippen molar-refractivity contribution in [3.8, 4) is 0 Å². The van der Waals surface area contributed by atoms with Crippen molar-refractivity contribution >= 4 is 5.97 Å². The summed E-state index contributed by atoms with van der Waals surface area (Å²) < 4.78 is 5.08. The molecule has 1 atom stereocenters. The van der Waals surface area contributed by atoms with Gasteiger partial charge in [0, 0.05) is 6.42 Å². The maximum absolute atomic E-state index is 11.4. The molecule has 0 aliphatic rings. The van der Waals surface area contributed by atoms with Crippen molar-refractivity contribution in [1.29, 1.82) is 0 Å². The van der Waals surface area contributed by atoms with Gasteiger partial charge in [-0.05, 0) is 19.3 Å². The third-order valence-electron chi connectivity index (χ3n) is 4.08. The van der Waals surface area contributed by atoms with Crippen molar-refractivity contribution in [1.82, 2.24) is 0 Å². The van der Waals surface area contributed by atoms with Gasteiger partial charge in [0.2, 0.25) is 0 Å². The topological polar surface area (TPSA) is 46.5 Å². The number of hydrogen-bond acceptors (Lipinski definition) is 3. The van der Waals surface area contributed by atoms with Gasteiger partial charge >= 0.3 is 5.97 Å². The number of rotatable bonds is 16. The van der Waals surface area contributed by atoms with Gasteiger partial charge < -0.3 is 9.84 Å². The first kappa shape index (κ1) is 21.4. The number of unbranched alkanes of at least 4 members (excludes halogenated alkanes) is 9. The summed E-state index contributed by atoms with van der Waals surface area (Å²) in [6.45, 7) is 4.84. The standard InChI is InChI=1S/C19H38O3/c1-3-5-7-8-9-10-11-12-13-14-18(20)15-16-19(21)22-17-6-4-2/h18,20H,3-17H2,1-2H3. The van der Waals surface area contributed by atoms with Crippen LogP contribution in [0.2, 0.25) is 0 Å². The zero-order valence-corrected chi connectivity index (χ0v) is 14.9. The molecule has 3 nitrogen and oxygen atoms in total. The predicted octanol–water partition coefficient (Wildman–Crippen LogP) is 5.39. The highest BCUT2D eigenvalue weighted by atomic mass is 16.5. The first-order valence-corrected chi connectivity index (χ1v) is 9.54. The van der Waals surface area contributed by atoms with E-state index >= 15 is 0 Å². The third kappa shape index (κ3) is 15.8. The largest absolute Gasteiger partial charge is 0.466 e. The Balaban J connectivity index is 3.28. The van der Waals surface area contributed by atoms with Gasteiger partial charge in [0.05, 0.1) is 12.7 Å². The zero-order chi connectivity index (χ0) is 16.5. The van der Waals surface area contributed by atoms with Crippen LogP contribution < -0.4 is 0 Å². The van der Waals surface area contributed by atoms with Crippen LogP contribution in [0.3, 0.4) is 0 Å². The molecule has 0 saturated carbocycles. The lowest BCUT2D eigenvalue weighted by molar-refractivity contribution is -0.144. The van der Waals surface area contributed by atoms with E-state index < -0.39 is 0 Å². The van der Waals surface area contributed by atoms with Gasteiger partial charge in [0.15, 0.2) is 0 Å². The van der Waals surface area contributed by atoms with E-state index in [1.54, 1.807) is 0 Å². The number of ether oxygens (including phenoxy) is 1. The van der Waals surface area contributed by atoms with Crippen molar-refractivity contribution in [3.63, 3.8) is 0 Å². The average Bonchev–Trinajstić information content (AvgIpc) is 2.51. The predicted molar refractivity (Wildman–Crippen MR) is 93.0 cm³/mol. The fourth-order valence-corrected chi connectivity index (χ4v) is 2.52. The summed E-state index contributed by atoms with van der Waals surface area (Å²) in [6.07, 6.45) is 15.0. The van der Waals surface area contributed by atoms with Crippen LogP contribution in [-0.4, -0.2) is 23.8 Å². The molecule has 0 rings (SSSR count). The maximum Gasteiger partial charge on any atom is 0.305 e. The van der Waals surface area contributed by atoms with E-state index in [0.29, 0.717) is 19.4 Å². The summed E-state index contributed by atoms with van der Waals surface area (Å²) in [4.78, 5) is 11.4. The fraction of sp³-hybridized carbons (Fsp3) is 0.947. The Hall–Kier alpha value is -0.570. The third-order valence-corrected chi connectivity index (χ3v) is 4.08. The van der Waals surface area contributed by atoms with E-state index in [2.05, 4.69) is 13.8 Å². The van der Waals surface area contributed by atoms with Crippen LogP contribution in [0.15, 0.2) is 0 Å². The molecule has 0 fully saturated rings. The minimum Gasteiger partial charge on any atom is -0.466 e. The van der Waals surface area contributed by atoms with E-state index in [0.717, 1.165) is 25.7 Å². The molecule has 132 valence electrons. The molecular formula is C19H38O3. The van der Waals surface area contributed by atoms with Crippen molar-refractivity contribution in [2.75, 3.05) is 6.61 Å². The molecule has 0 aliphatic heterocycles. The average molecular weight is 315 g/mol. The molecular weight excluding hydrogens is 276 g/mol. The molecule has 0 bridgehead atoms. The number of hydrogen-bond donors (Lipinski definition) is 1. The Morgan fingerprint density at radius 1 is 0.818 bits per heavy atom. The number of carbonyl (C=O) groups is 1. The van der Waals surface area contributed by atoms with E-state index in [9.17, 15) is 9.90 Å². The van der Waals surface area contributed by atoms with Crippen molar-refractivity contribution in [2.24, 2.45) is 0 Å². The summed E-state index contributed by atoms with van der Waals surface area (Å²) in [5.41, 5.74) is 0. The van der Waals surface area contributed by atoms with Crippen molar-refractivity contribution < 1.29 is 14.6 Å². The number of esters is 1. The number of carbonyl (C=O) groups excluding carboxylic acids is 1. The highest BCUT2D eigenvalue weighted by Crippen LogP contribution is 2.13. The van der Waals surface area contributed by atoms with E-state index in [4.69, 9.17) is 4.74 Å². The Morgan fingerprint density at radius 2 is 1.36 bits per heavy atom. The number of aliphatic hydroxyl groups excluding tert-OH is 1. The molecule has 0 aromatic carbocycles. The van der Waals surface area contributed by atoms with Crippen molar-refractivity contribution in [3.05, 3.63) is 0 Å². The summed E-state index contributed by atoms with van der Waals surface area (Å²) in [5, 5.41) is 9.86. The second-order valence-corrected chi connectivity index (χ2v) is 6.38. The van der Waals surface area contributed by atoms with Gasteiger partial charge in [0.25, 0.3) is 0 Å². The molecule has 0 heterocycles. The van der Waals surface area contributed by atoms with Gasteiger partial charge in [0.1, 0.15) is 0 Å². The normalized spacial score (nSPS) is 12.3. The highest BCUT2D eigenvalue weighted by molar-refractivity contribution is 5.69. The van der Waals surface area contributed by atoms with Crippen LogP contribution >= 0.6 is 0 Å². The molecule has 1 N–H and O–H groups in total. The van der Waals surface area contributed by atoms with E-state index in [-0.39, 0.29) is 12.1 Å². The lowest BCUT2D eigenvalue weighted by Crippen LogP contribution is -2.12. The van der Waals surface area contributed by atoms with Crippen LogP contribution in [0.5, 0.6) is 0 Å². The second kappa shape index (κ2) is 16.8. The van der Waals surface area contributed by atoms with Crippen LogP contribution in [0.25, 0.3) is 0 Å². The van der Waals surface area contributed by atoms with Gasteiger partial charge in [-0.3, -0.25) is 4.79 Å². The molecule has 0 saturated heterocycles. The Kier molecular flexibility index (Phi) is 16.4. The summed E-state index contributed by atoms with van der Waals surface area (Å²) >= 11 is 0. The molecule has 1 unspecified atom stereocenters. The quantitative estimate of drug-likeness (QED) is 0.307. The first-order valence-electron chi connectivity index (χ1n) is 9.54. The van der Waals surface area contributed by atoms with Gasteiger partial charge in [-0.1, -0.05) is 78.1 Å². The molecule has 3 heteroatoms. The highest BCUT2D eigenvalue weighted by Gasteiger charge is 2.08. The molecule has 0 spiro atoms. The lowest BCUT2D eigenvalue weighted by Gasteiger charge is -2.10. The molecule has 0 aromatic heterocycles. The summed E-state index contributed by atoms with van der Waals surface area (Å²) in [7, 11) is 0. The van der Waals surface area contributed by atoms with Gasteiger partial charge in [-0.25, -0.2) is 0 Å². The van der Waals surface area contributed by atoms with Crippen LogP contribution in [0, 0.1) is 0 Å². The van der Waals surface area contributed by atoms with Gasteiger partial charge in [-0.2, -0.15) is 0 Å². The van der Waals surface area contributed by atoms with Crippen LogP contribution in [-0.2, 0) is 9.53 Å². The minimum absolute atomic E-state index is 0.167. The number of aliphatic hydroxyl groups is 1. The summed E-state index contributed by atoms with van der Waals surface area (Å²) in [6, 6.07) is 0. The Morgan fingerprint density at radius 3 is 1.95 bits per heavy atom. The minimum atomic E-state index is -0.344. The smallest absolute Gasteiger partial charge is 0.305 e. The zero-order valence-electron chi connectivity index (χ0n) is 14.9. The molecule has 22 heavy (non-hydrogen) atoms. The van der Waals surface area contributed by atoms with Crippen LogP contribution in [0.1, 0.15) is 104 Å². The van der Waals surface area contributed by atoms with Crippen molar-refractivity contribution in [2.45, 2.75) is 110 Å². The Bertz CT molecular complexity index is 241. The summed E-state index contributed by atoms with van der Waals surface area (Å²) in [5.74, 6) is -0.167. The maximum atomic E-state index is 11.4. The lowest BCUT2D eigenvalue weighted by atomic mass is 10.0. The van der Waals surface area contributed by atoms with E-state index in [1.807, 2.05) is 0 Å². The molecule has 0 aromatic rings.